The lowest BCUT2D eigenvalue weighted by Crippen LogP contribution is -2.46. The number of nitrogens with zero attached hydrogens (tertiary/aromatic N) is 3. The summed E-state index contributed by atoms with van der Waals surface area (Å²) in [4.78, 5) is 20.1. The van der Waals surface area contributed by atoms with Crippen molar-refractivity contribution in [1.29, 1.82) is 0 Å². The summed E-state index contributed by atoms with van der Waals surface area (Å²) >= 11 is 0. The fourth-order valence-electron chi connectivity index (χ4n) is 4.60. The molecule has 0 spiro atoms. The molecule has 1 aromatic rings. The minimum absolute atomic E-state index is 0.103. The van der Waals surface area contributed by atoms with E-state index in [1.165, 1.54) is 12.8 Å². The number of carbonyl (C=O) groups is 1. The molecule has 0 bridgehead atoms. The maximum Gasteiger partial charge on any atom is 0.246 e. The molecule has 1 aromatic heterocycles. The third kappa shape index (κ3) is 6.69. The maximum absolute atomic E-state index is 13.1. The summed E-state index contributed by atoms with van der Waals surface area (Å²) in [5.41, 5.74) is 0. The van der Waals surface area contributed by atoms with Gasteiger partial charge < -0.3 is 19.0 Å². The van der Waals surface area contributed by atoms with Crippen LogP contribution in [0.4, 0.5) is 0 Å². The minimum Gasteiger partial charge on any atom is -0.465 e. The van der Waals surface area contributed by atoms with Gasteiger partial charge in [0.15, 0.2) is 0 Å². The molecule has 0 aromatic carbocycles. The number of hydrogen-bond acceptors (Lipinski definition) is 5. The van der Waals surface area contributed by atoms with Crippen LogP contribution in [-0.2, 0) is 9.53 Å². The van der Waals surface area contributed by atoms with E-state index in [9.17, 15) is 4.79 Å². The molecule has 0 unspecified atom stereocenters. The number of hydrogen-bond donors (Lipinski definition) is 0. The van der Waals surface area contributed by atoms with Crippen LogP contribution in [0.25, 0.3) is 6.08 Å². The lowest BCUT2D eigenvalue weighted by atomic mass is 9.95. The molecule has 0 radical (unpaired) electrons. The van der Waals surface area contributed by atoms with Gasteiger partial charge >= 0.3 is 0 Å². The molecule has 162 valence electrons. The number of carbonyl (C=O) groups excluding carboxylic acids is 1. The van der Waals surface area contributed by atoms with Crippen LogP contribution in [0.3, 0.4) is 0 Å². The molecule has 0 saturated carbocycles. The molecule has 0 N–H and O–H groups in total. The lowest BCUT2D eigenvalue weighted by Gasteiger charge is -2.36. The predicted molar refractivity (Wildman–Crippen MR) is 116 cm³/mol. The molecule has 2 fully saturated rings. The second kappa shape index (κ2) is 11.5. The van der Waals surface area contributed by atoms with Crippen LogP contribution in [0.1, 0.15) is 38.4 Å². The molecule has 1 atom stereocenters. The highest BCUT2D eigenvalue weighted by atomic mass is 16.5. The number of piperidine rings is 1. The lowest BCUT2D eigenvalue weighted by molar-refractivity contribution is -0.127. The summed E-state index contributed by atoms with van der Waals surface area (Å²) in [6.45, 7) is 10.1. The molecule has 2 saturated heterocycles. The average Bonchev–Trinajstić information content (AvgIpc) is 3.42. The van der Waals surface area contributed by atoms with Crippen LogP contribution < -0.4 is 0 Å². The standard InChI is InChI=1S/C23H37N3O3/c1-3-25-12-4-6-21(25)19-26(23(27)9-8-22-7-5-16-29-22)18-20-10-13-24(14-11-20)15-17-28-2/h5,7-9,16,20-21H,3-4,6,10-15,17-19H2,1-2H3/b9-8+/t21-/m0/s1. The maximum atomic E-state index is 13.1. The van der Waals surface area contributed by atoms with E-state index in [4.69, 9.17) is 9.15 Å². The van der Waals surface area contributed by atoms with Crippen molar-refractivity contribution in [2.45, 2.75) is 38.6 Å². The fourth-order valence-corrected chi connectivity index (χ4v) is 4.60. The zero-order valence-electron chi connectivity index (χ0n) is 18.1. The summed E-state index contributed by atoms with van der Waals surface area (Å²) in [5.74, 6) is 1.40. The van der Waals surface area contributed by atoms with Crippen molar-refractivity contribution in [2.75, 3.05) is 59.5 Å². The first-order valence-electron chi connectivity index (χ1n) is 11.2. The Hall–Kier alpha value is -1.63. The molecule has 6 nitrogen and oxygen atoms in total. The Balaban J connectivity index is 1.59. The third-order valence-electron chi connectivity index (χ3n) is 6.38. The zero-order valence-corrected chi connectivity index (χ0v) is 18.1. The van der Waals surface area contributed by atoms with Gasteiger partial charge in [0.05, 0.1) is 12.9 Å². The van der Waals surface area contributed by atoms with Crippen molar-refractivity contribution >= 4 is 12.0 Å². The van der Waals surface area contributed by atoms with Gasteiger partial charge in [-0.05, 0) is 76.0 Å². The van der Waals surface area contributed by atoms with Gasteiger partial charge in [-0.25, -0.2) is 0 Å². The van der Waals surface area contributed by atoms with Crippen molar-refractivity contribution < 1.29 is 13.9 Å². The van der Waals surface area contributed by atoms with Crippen molar-refractivity contribution in [2.24, 2.45) is 5.92 Å². The number of amides is 1. The Morgan fingerprint density at radius 1 is 1.28 bits per heavy atom. The van der Waals surface area contributed by atoms with Gasteiger partial charge in [-0.15, -0.1) is 0 Å². The highest BCUT2D eigenvalue weighted by molar-refractivity contribution is 5.91. The molecular weight excluding hydrogens is 366 g/mol. The zero-order chi connectivity index (χ0) is 20.5. The molecule has 0 aliphatic carbocycles. The highest BCUT2D eigenvalue weighted by Gasteiger charge is 2.29. The van der Waals surface area contributed by atoms with Crippen LogP contribution in [0, 0.1) is 5.92 Å². The number of likely N-dealkylation sites (tertiary alicyclic amines) is 2. The van der Waals surface area contributed by atoms with Crippen molar-refractivity contribution in [3.63, 3.8) is 0 Å². The number of likely N-dealkylation sites (N-methyl/N-ethyl adjacent to an activating group) is 1. The summed E-state index contributed by atoms with van der Waals surface area (Å²) < 4.78 is 10.5. The Morgan fingerprint density at radius 3 is 2.79 bits per heavy atom. The number of methoxy groups -OCH3 is 1. The van der Waals surface area contributed by atoms with Crippen molar-refractivity contribution in [3.8, 4) is 0 Å². The van der Waals surface area contributed by atoms with E-state index in [0.29, 0.717) is 12.0 Å². The first-order valence-corrected chi connectivity index (χ1v) is 11.2. The fraction of sp³-hybridized carbons (Fsp3) is 0.696. The van der Waals surface area contributed by atoms with E-state index < -0.39 is 0 Å². The molecule has 1 amide bonds. The molecule has 3 rings (SSSR count). The van der Waals surface area contributed by atoms with E-state index in [1.807, 2.05) is 12.1 Å². The second-order valence-electron chi connectivity index (χ2n) is 8.29. The van der Waals surface area contributed by atoms with Crippen LogP contribution in [0.15, 0.2) is 28.9 Å². The Morgan fingerprint density at radius 2 is 2.10 bits per heavy atom. The summed E-state index contributed by atoms with van der Waals surface area (Å²) in [6.07, 6.45) is 9.83. The third-order valence-corrected chi connectivity index (χ3v) is 6.38. The molecular formula is C23H37N3O3. The monoisotopic (exact) mass is 403 g/mol. The molecule has 2 aliphatic rings. The van der Waals surface area contributed by atoms with Crippen molar-refractivity contribution in [3.05, 3.63) is 30.2 Å². The Kier molecular flexibility index (Phi) is 8.77. The van der Waals surface area contributed by atoms with Crippen LogP contribution in [-0.4, -0.2) is 86.2 Å². The topological polar surface area (TPSA) is 49.2 Å². The van der Waals surface area contributed by atoms with Crippen LogP contribution in [0.2, 0.25) is 0 Å². The minimum atomic E-state index is 0.103. The average molecular weight is 404 g/mol. The van der Waals surface area contributed by atoms with Gasteiger partial charge in [0.2, 0.25) is 5.91 Å². The summed E-state index contributed by atoms with van der Waals surface area (Å²) in [6, 6.07) is 4.21. The largest absolute Gasteiger partial charge is 0.465 e. The van der Waals surface area contributed by atoms with Gasteiger partial charge in [0.1, 0.15) is 5.76 Å². The second-order valence-corrected chi connectivity index (χ2v) is 8.29. The number of furan rings is 1. The van der Waals surface area contributed by atoms with E-state index >= 15 is 0 Å². The van der Waals surface area contributed by atoms with Gasteiger partial charge in [0.25, 0.3) is 0 Å². The van der Waals surface area contributed by atoms with E-state index in [2.05, 4.69) is 21.6 Å². The molecule has 2 aliphatic heterocycles. The number of ether oxygens (including phenoxy) is 1. The highest BCUT2D eigenvalue weighted by Crippen LogP contribution is 2.22. The Labute approximate surface area is 175 Å². The first kappa shape index (κ1) is 22.1. The SMILES string of the molecule is CCN1CCC[C@H]1CN(CC1CCN(CCOC)CC1)C(=O)/C=C/c1ccco1. The van der Waals surface area contributed by atoms with Crippen LogP contribution >= 0.6 is 0 Å². The first-order chi connectivity index (χ1) is 14.2. The molecule has 29 heavy (non-hydrogen) atoms. The van der Waals surface area contributed by atoms with Gasteiger partial charge in [-0.3, -0.25) is 9.69 Å². The van der Waals surface area contributed by atoms with Crippen LogP contribution in [0.5, 0.6) is 0 Å². The smallest absolute Gasteiger partial charge is 0.246 e. The summed E-state index contributed by atoms with van der Waals surface area (Å²) in [5, 5.41) is 0. The quantitative estimate of drug-likeness (QED) is 0.562. The normalized spacial score (nSPS) is 21.9. The van der Waals surface area contributed by atoms with E-state index in [0.717, 1.165) is 71.0 Å². The summed E-state index contributed by atoms with van der Waals surface area (Å²) in [7, 11) is 1.76. The van der Waals surface area contributed by atoms with Gasteiger partial charge in [-0.2, -0.15) is 0 Å². The Bertz CT molecular complexity index is 623. The number of rotatable bonds is 10. The molecule has 6 heteroatoms. The van der Waals surface area contributed by atoms with E-state index in [1.54, 1.807) is 25.5 Å². The van der Waals surface area contributed by atoms with E-state index in [-0.39, 0.29) is 5.91 Å². The molecule has 3 heterocycles. The van der Waals surface area contributed by atoms with Crippen molar-refractivity contribution in [1.82, 2.24) is 14.7 Å². The van der Waals surface area contributed by atoms with Gasteiger partial charge in [0, 0.05) is 38.9 Å². The predicted octanol–water partition coefficient (Wildman–Crippen LogP) is 2.96. The van der Waals surface area contributed by atoms with Gasteiger partial charge in [-0.1, -0.05) is 6.92 Å².